The second kappa shape index (κ2) is 12.1. The lowest BCUT2D eigenvalue weighted by molar-refractivity contribution is 0.0345. The van der Waals surface area contributed by atoms with Gasteiger partial charge in [0, 0.05) is 50.2 Å². The molecule has 0 saturated carbocycles. The Morgan fingerprint density at radius 2 is 1.44 bits per heavy atom. The first-order valence-corrected chi connectivity index (χ1v) is 12.5. The van der Waals surface area contributed by atoms with E-state index >= 15 is 0 Å². The third-order valence-electron chi connectivity index (χ3n) is 5.96. The number of piperidine rings is 1. The van der Waals surface area contributed by atoms with E-state index in [4.69, 9.17) is 9.47 Å². The molecule has 0 unspecified atom stereocenters. The van der Waals surface area contributed by atoms with Crippen LogP contribution in [0.4, 0.5) is 5.69 Å². The predicted molar refractivity (Wildman–Crippen MR) is 132 cm³/mol. The maximum absolute atomic E-state index is 6.12. The summed E-state index contributed by atoms with van der Waals surface area (Å²) in [5.74, 6) is 0. The van der Waals surface area contributed by atoms with Crippen LogP contribution < -0.4 is 4.90 Å². The molecule has 0 N–H and O–H groups in total. The molecule has 3 aromatic rings. The molecule has 0 radical (unpaired) electrons. The van der Waals surface area contributed by atoms with Crippen LogP contribution in [0, 0.1) is 0 Å². The number of benzene rings is 2. The van der Waals surface area contributed by atoms with Gasteiger partial charge in [-0.1, -0.05) is 54.5 Å². The Morgan fingerprint density at radius 1 is 0.812 bits per heavy atom. The molecule has 1 aromatic heterocycles. The van der Waals surface area contributed by atoms with Crippen LogP contribution >= 0.6 is 11.3 Å². The number of ether oxygens (including phenoxy) is 2. The number of hydrogen-bond acceptors (Lipinski definition) is 6. The van der Waals surface area contributed by atoms with Crippen LogP contribution in [-0.4, -0.2) is 49.7 Å². The summed E-state index contributed by atoms with van der Waals surface area (Å²) in [4.78, 5) is 2.46. The standard InChI is InChI=1S/C26H33N3O2S/c1-30-19-7-2-3-8-20-31-24-15-17-29(18-16-24)23-13-11-22(12-14-23)26-28-27-25(32-26)21-9-5-4-6-10-21/h4-6,9-14,24H,2-3,7-8,15-20H2,1H3. The summed E-state index contributed by atoms with van der Waals surface area (Å²) in [5.41, 5.74) is 3.51. The summed E-state index contributed by atoms with van der Waals surface area (Å²) in [7, 11) is 1.77. The van der Waals surface area contributed by atoms with Crippen molar-refractivity contribution in [1.29, 1.82) is 0 Å². The molecule has 2 heterocycles. The van der Waals surface area contributed by atoms with Crippen molar-refractivity contribution in [1.82, 2.24) is 10.2 Å². The van der Waals surface area contributed by atoms with Gasteiger partial charge in [0.05, 0.1) is 6.10 Å². The third kappa shape index (κ3) is 6.37. The topological polar surface area (TPSA) is 47.5 Å². The fourth-order valence-corrected chi connectivity index (χ4v) is 4.94. The van der Waals surface area contributed by atoms with E-state index in [1.807, 2.05) is 18.2 Å². The van der Waals surface area contributed by atoms with Gasteiger partial charge in [0.1, 0.15) is 10.0 Å². The summed E-state index contributed by atoms with van der Waals surface area (Å²) in [6, 6.07) is 19.0. The van der Waals surface area contributed by atoms with Crippen molar-refractivity contribution >= 4 is 17.0 Å². The number of methoxy groups -OCH3 is 1. The van der Waals surface area contributed by atoms with Gasteiger partial charge in [0.25, 0.3) is 0 Å². The van der Waals surface area contributed by atoms with E-state index in [1.165, 1.54) is 18.5 Å². The lowest BCUT2D eigenvalue weighted by Gasteiger charge is -2.33. The fraction of sp³-hybridized carbons (Fsp3) is 0.462. The molecule has 5 nitrogen and oxygen atoms in total. The Morgan fingerprint density at radius 3 is 2.09 bits per heavy atom. The molecular formula is C26H33N3O2S. The molecule has 6 heteroatoms. The van der Waals surface area contributed by atoms with Crippen molar-refractivity contribution < 1.29 is 9.47 Å². The highest BCUT2D eigenvalue weighted by atomic mass is 32.1. The molecule has 0 spiro atoms. The molecule has 2 aromatic carbocycles. The highest BCUT2D eigenvalue weighted by molar-refractivity contribution is 7.17. The van der Waals surface area contributed by atoms with Crippen LogP contribution in [-0.2, 0) is 9.47 Å². The Bertz CT molecular complexity index is 922. The Kier molecular flexibility index (Phi) is 8.65. The minimum Gasteiger partial charge on any atom is -0.385 e. The van der Waals surface area contributed by atoms with Gasteiger partial charge in [0.2, 0.25) is 0 Å². The first-order chi connectivity index (χ1) is 15.8. The smallest absolute Gasteiger partial charge is 0.148 e. The highest BCUT2D eigenvalue weighted by Gasteiger charge is 2.20. The van der Waals surface area contributed by atoms with Gasteiger partial charge in [-0.05, 0) is 49.9 Å². The van der Waals surface area contributed by atoms with Gasteiger partial charge in [-0.2, -0.15) is 0 Å². The van der Waals surface area contributed by atoms with Crippen LogP contribution in [0.15, 0.2) is 54.6 Å². The van der Waals surface area contributed by atoms with Crippen LogP contribution in [0.2, 0.25) is 0 Å². The lowest BCUT2D eigenvalue weighted by Crippen LogP contribution is -2.37. The first-order valence-electron chi connectivity index (χ1n) is 11.7. The number of nitrogens with zero attached hydrogens (tertiary/aromatic N) is 3. The maximum atomic E-state index is 6.12. The molecule has 32 heavy (non-hydrogen) atoms. The average molecular weight is 452 g/mol. The highest BCUT2D eigenvalue weighted by Crippen LogP contribution is 2.31. The molecule has 0 bridgehead atoms. The number of aromatic nitrogens is 2. The van der Waals surface area contributed by atoms with Crippen molar-refractivity contribution in [2.45, 2.75) is 44.6 Å². The second-order valence-electron chi connectivity index (χ2n) is 8.29. The van der Waals surface area contributed by atoms with Gasteiger partial charge >= 0.3 is 0 Å². The fourth-order valence-electron chi connectivity index (χ4n) is 4.08. The Hall–Kier alpha value is -2.28. The largest absolute Gasteiger partial charge is 0.385 e. The third-order valence-corrected chi connectivity index (χ3v) is 6.98. The van der Waals surface area contributed by atoms with Crippen molar-refractivity contribution in [2.75, 3.05) is 38.3 Å². The molecule has 0 aliphatic carbocycles. The van der Waals surface area contributed by atoms with E-state index in [9.17, 15) is 0 Å². The van der Waals surface area contributed by atoms with E-state index in [2.05, 4.69) is 51.5 Å². The number of unbranched alkanes of at least 4 members (excludes halogenated alkanes) is 3. The van der Waals surface area contributed by atoms with Gasteiger partial charge in [0.15, 0.2) is 0 Å². The number of rotatable bonds is 11. The van der Waals surface area contributed by atoms with Crippen LogP contribution in [0.3, 0.4) is 0 Å². The molecule has 170 valence electrons. The summed E-state index contributed by atoms with van der Waals surface area (Å²) >= 11 is 1.64. The van der Waals surface area contributed by atoms with Crippen molar-refractivity contribution in [3.63, 3.8) is 0 Å². The molecule has 1 fully saturated rings. The molecule has 0 amide bonds. The van der Waals surface area contributed by atoms with E-state index in [0.29, 0.717) is 6.10 Å². The minimum absolute atomic E-state index is 0.405. The summed E-state index contributed by atoms with van der Waals surface area (Å²) in [5, 5.41) is 10.7. The Labute approximate surface area is 195 Å². The predicted octanol–water partition coefficient (Wildman–Crippen LogP) is 6.06. The van der Waals surface area contributed by atoms with Crippen molar-refractivity contribution in [3.05, 3.63) is 54.6 Å². The van der Waals surface area contributed by atoms with E-state index in [1.54, 1.807) is 18.4 Å². The van der Waals surface area contributed by atoms with Crippen LogP contribution in [0.1, 0.15) is 38.5 Å². The van der Waals surface area contributed by atoms with Gasteiger partial charge in [-0.15, -0.1) is 10.2 Å². The molecule has 1 aliphatic heterocycles. The van der Waals surface area contributed by atoms with Gasteiger partial charge < -0.3 is 14.4 Å². The zero-order valence-corrected chi connectivity index (χ0v) is 19.7. The summed E-state index contributed by atoms with van der Waals surface area (Å²) in [6.45, 7) is 3.86. The molecule has 4 rings (SSSR count). The minimum atomic E-state index is 0.405. The van der Waals surface area contributed by atoms with E-state index < -0.39 is 0 Å². The van der Waals surface area contributed by atoms with Crippen LogP contribution in [0.25, 0.3) is 21.1 Å². The molecule has 1 saturated heterocycles. The zero-order valence-electron chi connectivity index (χ0n) is 18.9. The molecular weight excluding hydrogens is 418 g/mol. The number of hydrogen-bond donors (Lipinski definition) is 0. The van der Waals surface area contributed by atoms with Gasteiger partial charge in [-0.25, -0.2) is 0 Å². The zero-order chi connectivity index (χ0) is 22.0. The second-order valence-corrected chi connectivity index (χ2v) is 9.27. The van der Waals surface area contributed by atoms with E-state index in [0.717, 1.165) is 73.1 Å². The SMILES string of the molecule is COCCCCCCOC1CCN(c2ccc(-c3nnc(-c4ccccc4)s3)cc2)CC1. The quantitative estimate of drug-likeness (QED) is 0.331. The maximum Gasteiger partial charge on any atom is 0.148 e. The van der Waals surface area contributed by atoms with Crippen molar-refractivity contribution in [2.24, 2.45) is 0 Å². The molecule has 1 aliphatic rings. The van der Waals surface area contributed by atoms with Crippen LogP contribution in [0.5, 0.6) is 0 Å². The molecule has 0 atom stereocenters. The monoisotopic (exact) mass is 451 g/mol. The summed E-state index contributed by atoms with van der Waals surface area (Å²) < 4.78 is 11.2. The summed E-state index contributed by atoms with van der Waals surface area (Å²) in [6.07, 6.45) is 7.38. The van der Waals surface area contributed by atoms with E-state index in [-0.39, 0.29) is 0 Å². The normalized spacial score (nSPS) is 14.7. The Balaban J connectivity index is 1.22. The lowest BCUT2D eigenvalue weighted by atomic mass is 10.1. The first kappa shape index (κ1) is 22.9. The van der Waals surface area contributed by atoms with Crippen molar-refractivity contribution in [3.8, 4) is 21.1 Å². The van der Waals surface area contributed by atoms with Gasteiger partial charge in [-0.3, -0.25) is 0 Å². The average Bonchev–Trinajstić information content (AvgIpc) is 3.35. The number of anilines is 1.